The van der Waals surface area contributed by atoms with Crippen LogP contribution in [-0.4, -0.2) is 16.1 Å². The van der Waals surface area contributed by atoms with Gasteiger partial charge in [0.05, 0.1) is 27.2 Å². The molecule has 0 aromatic heterocycles. The standard InChI is InChI=1S/C20H15ClN4O5/c21-17-10-15(6-9-20(17)30-13-14-4-2-1-3-5-14)12-22-23-18-8-7-16(24(26)27)11-19(18)25(28)29/h1-12,23H,13H2/b22-12-. The van der Waals surface area contributed by atoms with Gasteiger partial charge in [-0.2, -0.15) is 5.10 Å². The Morgan fingerprint density at radius 3 is 2.43 bits per heavy atom. The van der Waals surface area contributed by atoms with Crippen molar-refractivity contribution in [2.75, 3.05) is 5.43 Å². The zero-order valence-corrected chi connectivity index (χ0v) is 16.2. The van der Waals surface area contributed by atoms with Crippen molar-refractivity contribution in [3.05, 3.63) is 103 Å². The van der Waals surface area contributed by atoms with Gasteiger partial charge in [0.1, 0.15) is 18.0 Å². The molecule has 30 heavy (non-hydrogen) atoms. The van der Waals surface area contributed by atoms with E-state index in [-0.39, 0.29) is 11.4 Å². The van der Waals surface area contributed by atoms with Crippen LogP contribution in [-0.2, 0) is 6.61 Å². The van der Waals surface area contributed by atoms with Crippen LogP contribution in [0.2, 0.25) is 5.02 Å². The van der Waals surface area contributed by atoms with Crippen molar-refractivity contribution < 1.29 is 14.6 Å². The molecule has 0 aliphatic rings. The summed E-state index contributed by atoms with van der Waals surface area (Å²) in [4.78, 5) is 20.5. The van der Waals surface area contributed by atoms with Gasteiger partial charge in [0.2, 0.25) is 0 Å². The van der Waals surface area contributed by atoms with E-state index < -0.39 is 15.5 Å². The highest BCUT2D eigenvalue weighted by Gasteiger charge is 2.19. The van der Waals surface area contributed by atoms with Crippen LogP contribution in [0.1, 0.15) is 11.1 Å². The van der Waals surface area contributed by atoms with Crippen LogP contribution in [0.25, 0.3) is 0 Å². The molecule has 0 heterocycles. The number of anilines is 1. The average Bonchev–Trinajstić information content (AvgIpc) is 2.73. The van der Waals surface area contributed by atoms with Gasteiger partial charge in [0.25, 0.3) is 5.69 Å². The molecule has 1 N–H and O–H groups in total. The Bertz CT molecular complexity index is 1110. The summed E-state index contributed by atoms with van der Waals surface area (Å²) in [5.41, 5.74) is 3.35. The number of hydrogen-bond donors (Lipinski definition) is 1. The Balaban J connectivity index is 1.67. The molecule has 0 aliphatic carbocycles. The maximum Gasteiger partial charge on any atom is 0.301 e. The second-order valence-electron chi connectivity index (χ2n) is 6.05. The van der Waals surface area contributed by atoms with Crippen molar-refractivity contribution in [3.63, 3.8) is 0 Å². The van der Waals surface area contributed by atoms with Gasteiger partial charge in [-0.15, -0.1) is 0 Å². The lowest BCUT2D eigenvalue weighted by molar-refractivity contribution is -0.393. The number of nitro benzene ring substituents is 2. The number of non-ortho nitro benzene ring substituents is 1. The zero-order valence-electron chi connectivity index (χ0n) is 15.4. The summed E-state index contributed by atoms with van der Waals surface area (Å²) < 4.78 is 5.70. The van der Waals surface area contributed by atoms with Gasteiger partial charge in [0.15, 0.2) is 0 Å². The predicted molar refractivity (Wildman–Crippen MR) is 113 cm³/mol. The van der Waals surface area contributed by atoms with Gasteiger partial charge in [0, 0.05) is 6.07 Å². The molecule has 3 aromatic rings. The topological polar surface area (TPSA) is 120 Å². The molecule has 0 atom stereocenters. The number of nitro groups is 2. The van der Waals surface area contributed by atoms with Crippen LogP contribution in [0, 0.1) is 20.2 Å². The lowest BCUT2D eigenvalue weighted by Crippen LogP contribution is -1.99. The Labute approximate surface area is 175 Å². The summed E-state index contributed by atoms with van der Waals surface area (Å²) in [7, 11) is 0. The molecule has 3 aromatic carbocycles. The van der Waals surface area contributed by atoms with E-state index >= 15 is 0 Å². The first-order valence-electron chi connectivity index (χ1n) is 8.62. The SMILES string of the molecule is O=[N+]([O-])c1ccc(N/N=C\c2ccc(OCc3ccccc3)c(Cl)c2)c([N+](=O)[O-])c1. The lowest BCUT2D eigenvalue weighted by atomic mass is 10.2. The smallest absolute Gasteiger partial charge is 0.301 e. The fourth-order valence-electron chi connectivity index (χ4n) is 2.51. The number of hydrogen-bond acceptors (Lipinski definition) is 7. The highest BCUT2D eigenvalue weighted by Crippen LogP contribution is 2.29. The highest BCUT2D eigenvalue weighted by atomic mass is 35.5. The lowest BCUT2D eigenvalue weighted by Gasteiger charge is -2.08. The molecular weight excluding hydrogens is 412 g/mol. The fourth-order valence-corrected chi connectivity index (χ4v) is 2.75. The first kappa shape index (κ1) is 20.7. The van der Waals surface area contributed by atoms with Crippen molar-refractivity contribution in [1.29, 1.82) is 0 Å². The van der Waals surface area contributed by atoms with E-state index in [1.807, 2.05) is 30.3 Å². The molecule has 0 spiro atoms. The quantitative estimate of drug-likeness (QED) is 0.301. The minimum absolute atomic E-state index is 0.0239. The van der Waals surface area contributed by atoms with Crippen molar-refractivity contribution >= 4 is 34.9 Å². The Morgan fingerprint density at radius 1 is 1.00 bits per heavy atom. The third kappa shape index (κ3) is 5.30. The molecule has 3 rings (SSSR count). The van der Waals surface area contributed by atoms with E-state index in [9.17, 15) is 20.2 Å². The molecule has 10 heteroatoms. The summed E-state index contributed by atoms with van der Waals surface area (Å²) in [5, 5.41) is 26.2. The van der Waals surface area contributed by atoms with Gasteiger partial charge in [-0.3, -0.25) is 25.7 Å². The van der Waals surface area contributed by atoms with E-state index in [1.54, 1.807) is 18.2 Å². The summed E-state index contributed by atoms with van der Waals surface area (Å²) in [6.45, 7) is 0.374. The first-order valence-corrected chi connectivity index (χ1v) is 9.00. The van der Waals surface area contributed by atoms with Crippen LogP contribution in [0.15, 0.2) is 71.8 Å². The van der Waals surface area contributed by atoms with E-state index in [0.717, 1.165) is 17.7 Å². The van der Waals surface area contributed by atoms with E-state index in [4.69, 9.17) is 16.3 Å². The van der Waals surface area contributed by atoms with Crippen LogP contribution in [0.4, 0.5) is 17.1 Å². The predicted octanol–water partition coefficient (Wildman–Crippen LogP) is 5.18. The molecular formula is C20H15ClN4O5. The van der Waals surface area contributed by atoms with E-state index in [1.165, 1.54) is 12.3 Å². The van der Waals surface area contributed by atoms with Gasteiger partial charge in [-0.1, -0.05) is 41.9 Å². The van der Waals surface area contributed by atoms with Crippen LogP contribution in [0.3, 0.4) is 0 Å². The van der Waals surface area contributed by atoms with Gasteiger partial charge >= 0.3 is 5.69 Å². The van der Waals surface area contributed by atoms with Crippen molar-refractivity contribution in [1.82, 2.24) is 0 Å². The molecule has 0 fully saturated rings. The summed E-state index contributed by atoms with van der Waals surface area (Å²) >= 11 is 6.25. The van der Waals surface area contributed by atoms with E-state index in [2.05, 4.69) is 10.5 Å². The first-order chi connectivity index (χ1) is 14.4. The number of nitrogens with zero attached hydrogens (tertiary/aromatic N) is 3. The van der Waals surface area contributed by atoms with Gasteiger partial charge in [-0.05, 0) is 35.4 Å². The van der Waals surface area contributed by atoms with E-state index in [0.29, 0.717) is 22.9 Å². The highest BCUT2D eigenvalue weighted by molar-refractivity contribution is 6.32. The second kappa shape index (κ2) is 9.48. The summed E-state index contributed by atoms with van der Waals surface area (Å²) in [5.74, 6) is 0.511. The molecule has 0 amide bonds. The number of halogens is 1. The Kier molecular flexibility index (Phi) is 6.56. The molecule has 0 bridgehead atoms. The molecule has 0 saturated carbocycles. The number of hydrazone groups is 1. The monoisotopic (exact) mass is 426 g/mol. The molecule has 0 unspecified atom stereocenters. The number of rotatable bonds is 8. The largest absolute Gasteiger partial charge is 0.487 e. The van der Waals surface area contributed by atoms with Crippen LogP contribution >= 0.6 is 11.6 Å². The van der Waals surface area contributed by atoms with Gasteiger partial charge in [-0.25, -0.2) is 0 Å². The maximum atomic E-state index is 11.1. The van der Waals surface area contributed by atoms with Crippen molar-refractivity contribution in [2.45, 2.75) is 6.61 Å². The van der Waals surface area contributed by atoms with Crippen LogP contribution in [0.5, 0.6) is 5.75 Å². The minimum Gasteiger partial charge on any atom is -0.487 e. The Hall–Kier alpha value is -3.98. The summed E-state index contributed by atoms with van der Waals surface area (Å²) in [6.07, 6.45) is 1.41. The van der Waals surface area contributed by atoms with Crippen molar-refractivity contribution in [3.8, 4) is 5.75 Å². The summed E-state index contributed by atoms with van der Waals surface area (Å²) in [6, 6.07) is 17.9. The third-order valence-corrected chi connectivity index (χ3v) is 4.28. The maximum absolute atomic E-state index is 11.1. The van der Waals surface area contributed by atoms with Gasteiger partial charge < -0.3 is 4.74 Å². The molecule has 0 aliphatic heterocycles. The molecule has 152 valence electrons. The second-order valence-corrected chi connectivity index (χ2v) is 6.46. The Morgan fingerprint density at radius 2 is 1.77 bits per heavy atom. The molecule has 0 radical (unpaired) electrons. The minimum atomic E-state index is -0.722. The van der Waals surface area contributed by atoms with Crippen molar-refractivity contribution in [2.24, 2.45) is 5.10 Å². The zero-order chi connectivity index (χ0) is 21.5. The fraction of sp³-hybridized carbons (Fsp3) is 0.0500. The third-order valence-electron chi connectivity index (χ3n) is 3.98. The number of benzene rings is 3. The average molecular weight is 427 g/mol. The molecule has 0 saturated heterocycles. The number of nitrogens with one attached hydrogen (secondary N) is 1. The van der Waals surface area contributed by atoms with Crippen LogP contribution < -0.4 is 10.2 Å². The molecule has 9 nitrogen and oxygen atoms in total. The number of ether oxygens (including phenoxy) is 1. The normalized spacial score (nSPS) is 10.7.